The second-order valence-electron chi connectivity index (χ2n) is 5.31. The third-order valence-corrected chi connectivity index (χ3v) is 4.17. The Morgan fingerprint density at radius 3 is 2.19 bits per heavy atom. The first-order chi connectivity index (χ1) is 9.73. The van der Waals surface area contributed by atoms with Crippen LogP contribution in [-0.4, -0.2) is 26.1 Å². The maximum Gasteiger partial charge on any atom is 0.241 e. The van der Waals surface area contributed by atoms with Crippen molar-refractivity contribution in [2.24, 2.45) is 11.7 Å². The molecule has 0 aliphatic carbocycles. The number of nitrogens with one attached hydrogen (secondary N) is 2. The van der Waals surface area contributed by atoms with Crippen molar-refractivity contribution in [1.82, 2.24) is 0 Å². The summed E-state index contributed by atoms with van der Waals surface area (Å²) in [6, 6.07) is 5.90. The molecule has 1 aromatic rings. The zero-order chi connectivity index (χ0) is 16.0. The highest BCUT2D eigenvalue weighted by Crippen LogP contribution is 2.15. The van der Waals surface area contributed by atoms with Crippen molar-refractivity contribution in [3.8, 4) is 0 Å². The summed E-state index contributed by atoms with van der Waals surface area (Å²) in [5.41, 5.74) is 6.84. The summed E-state index contributed by atoms with van der Waals surface area (Å²) in [5, 5.41) is 2.71. The van der Waals surface area contributed by atoms with Gasteiger partial charge in [-0.2, -0.15) is 0 Å². The number of benzene rings is 1. The van der Waals surface area contributed by atoms with E-state index in [1.807, 2.05) is 13.8 Å². The Morgan fingerprint density at radius 1 is 1.19 bits per heavy atom. The molecule has 0 radical (unpaired) electrons. The lowest BCUT2D eigenvalue weighted by atomic mass is 10.0. The van der Waals surface area contributed by atoms with Gasteiger partial charge < -0.3 is 11.1 Å². The van der Waals surface area contributed by atoms with Gasteiger partial charge in [-0.05, 0) is 43.5 Å². The number of rotatable bonds is 7. The van der Waals surface area contributed by atoms with E-state index in [2.05, 4.69) is 10.0 Å². The summed E-state index contributed by atoms with van der Waals surface area (Å²) in [7, 11) is -3.29. The Labute approximate surface area is 126 Å². The number of hydrogen-bond donors (Lipinski definition) is 3. The molecule has 7 heteroatoms. The van der Waals surface area contributed by atoms with Crippen LogP contribution >= 0.6 is 0 Å². The third-order valence-electron chi connectivity index (χ3n) is 2.87. The monoisotopic (exact) mass is 313 g/mol. The minimum atomic E-state index is -3.29. The highest BCUT2D eigenvalue weighted by Gasteiger charge is 2.15. The van der Waals surface area contributed by atoms with Crippen molar-refractivity contribution in [3.05, 3.63) is 24.3 Å². The van der Waals surface area contributed by atoms with Crippen LogP contribution in [0.5, 0.6) is 0 Å². The summed E-state index contributed by atoms with van der Waals surface area (Å²) in [6.45, 7) is 5.57. The summed E-state index contributed by atoms with van der Waals surface area (Å²) in [6.07, 6.45) is 0.611. The summed E-state index contributed by atoms with van der Waals surface area (Å²) in [4.78, 5) is 11.9. The van der Waals surface area contributed by atoms with Gasteiger partial charge in [-0.1, -0.05) is 13.8 Å². The van der Waals surface area contributed by atoms with Crippen molar-refractivity contribution >= 4 is 27.3 Å². The number of hydrogen-bond acceptors (Lipinski definition) is 4. The molecule has 4 N–H and O–H groups in total. The second-order valence-corrected chi connectivity index (χ2v) is 7.32. The maximum absolute atomic E-state index is 11.9. The molecule has 0 saturated carbocycles. The van der Waals surface area contributed by atoms with E-state index in [0.29, 0.717) is 23.7 Å². The third kappa shape index (κ3) is 6.14. The van der Waals surface area contributed by atoms with E-state index >= 15 is 0 Å². The molecule has 1 rings (SSSR count). The molecule has 0 heterocycles. The van der Waals surface area contributed by atoms with Crippen LogP contribution in [0.2, 0.25) is 0 Å². The maximum atomic E-state index is 11.9. The van der Waals surface area contributed by atoms with Gasteiger partial charge in [0.15, 0.2) is 0 Å². The molecule has 0 aliphatic heterocycles. The van der Waals surface area contributed by atoms with Crippen molar-refractivity contribution in [2.75, 3.05) is 15.8 Å². The Kier molecular flexibility index (Phi) is 6.17. The predicted octanol–water partition coefficient (Wildman–Crippen LogP) is 1.76. The van der Waals surface area contributed by atoms with E-state index in [9.17, 15) is 13.2 Å². The number of anilines is 2. The average molecular weight is 313 g/mol. The largest absolute Gasteiger partial charge is 0.325 e. The van der Waals surface area contributed by atoms with Crippen LogP contribution < -0.4 is 15.8 Å². The molecule has 0 bridgehead atoms. The van der Waals surface area contributed by atoms with Crippen molar-refractivity contribution in [1.29, 1.82) is 0 Å². The van der Waals surface area contributed by atoms with Gasteiger partial charge in [-0.3, -0.25) is 9.52 Å². The number of carbonyl (C=O) groups excluding carboxylic acids is 1. The van der Waals surface area contributed by atoms with Gasteiger partial charge in [-0.25, -0.2) is 8.42 Å². The molecule has 0 spiro atoms. The van der Waals surface area contributed by atoms with E-state index in [-0.39, 0.29) is 11.7 Å². The van der Waals surface area contributed by atoms with Gasteiger partial charge in [0.2, 0.25) is 15.9 Å². The molecular weight excluding hydrogens is 290 g/mol. The smallest absolute Gasteiger partial charge is 0.241 e. The quantitative estimate of drug-likeness (QED) is 0.714. The topological polar surface area (TPSA) is 101 Å². The van der Waals surface area contributed by atoms with Crippen LogP contribution in [0.1, 0.15) is 27.2 Å². The van der Waals surface area contributed by atoms with Crippen LogP contribution in [0.25, 0.3) is 0 Å². The highest BCUT2D eigenvalue weighted by atomic mass is 32.2. The van der Waals surface area contributed by atoms with Gasteiger partial charge in [0.25, 0.3) is 0 Å². The van der Waals surface area contributed by atoms with E-state index in [1.54, 1.807) is 31.2 Å². The van der Waals surface area contributed by atoms with Crippen LogP contribution in [-0.2, 0) is 14.8 Å². The molecule has 118 valence electrons. The standard InChI is InChI=1S/C14H23N3O3S/c1-4-21(19,20)17-12-7-5-11(6-8-12)16-14(18)13(15)9-10(2)3/h5-8,10,13,17H,4,9,15H2,1-3H3,(H,16,18)/t13-/m1/s1. The summed E-state index contributed by atoms with van der Waals surface area (Å²) >= 11 is 0. The fourth-order valence-electron chi connectivity index (χ4n) is 1.72. The molecule has 0 fully saturated rings. The first-order valence-electron chi connectivity index (χ1n) is 6.90. The highest BCUT2D eigenvalue weighted by molar-refractivity contribution is 7.92. The summed E-state index contributed by atoms with van der Waals surface area (Å²) in [5.74, 6) is 0.109. The molecule has 6 nitrogen and oxygen atoms in total. The Bertz CT molecular complexity index is 568. The molecule has 21 heavy (non-hydrogen) atoms. The number of carbonyl (C=O) groups is 1. The number of sulfonamides is 1. The van der Waals surface area contributed by atoms with E-state index in [0.717, 1.165) is 0 Å². The Hall–Kier alpha value is -1.60. The average Bonchev–Trinajstić information content (AvgIpc) is 2.40. The van der Waals surface area contributed by atoms with Gasteiger partial charge in [0.05, 0.1) is 11.8 Å². The van der Waals surface area contributed by atoms with Crippen LogP contribution in [0.4, 0.5) is 11.4 Å². The number of nitrogens with two attached hydrogens (primary N) is 1. The molecule has 1 amide bonds. The molecule has 1 aromatic carbocycles. The first-order valence-corrected chi connectivity index (χ1v) is 8.55. The van der Waals surface area contributed by atoms with Crippen LogP contribution in [0, 0.1) is 5.92 Å². The molecule has 0 aliphatic rings. The minimum Gasteiger partial charge on any atom is -0.325 e. The lowest BCUT2D eigenvalue weighted by molar-refractivity contribution is -0.117. The first kappa shape index (κ1) is 17.5. The van der Waals surface area contributed by atoms with Crippen molar-refractivity contribution < 1.29 is 13.2 Å². The van der Waals surface area contributed by atoms with E-state index < -0.39 is 16.1 Å². The molecule has 0 aromatic heterocycles. The molecule has 0 unspecified atom stereocenters. The predicted molar refractivity (Wildman–Crippen MR) is 85.6 cm³/mol. The zero-order valence-corrected chi connectivity index (χ0v) is 13.4. The molecular formula is C14H23N3O3S. The fraction of sp³-hybridized carbons (Fsp3) is 0.500. The lowest BCUT2D eigenvalue weighted by Gasteiger charge is -2.14. The van der Waals surface area contributed by atoms with Crippen molar-refractivity contribution in [3.63, 3.8) is 0 Å². The van der Waals surface area contributed by atoms with Gasteiger partial charge in [0.1, 0.15) is 0 Å². The molecule has 0 saturated heterocycles. The normalized spacial score (nSPS) is 13.0. The van der Waals surface area contributed by atoms with E-state index in [4.69, 9.17) is 5.73 Å². The van der Waals surface area contributed by atoms with Crippen LogP contribution in [0.3, 0.4) is 0 Å². The Balaban J connectivity index is 2.65. The fourth-order valence-corrected chi connectivity index (χ4v) is 2.36. The number of amides is 1. The SMILES string of the molecule is CCS(=O)(=O)Nc1ccc(NC(=O)[C@H](N)CC(C)C)cc1. The second kappa shape index (κ2) is 7.42. The summed E-state index contributed by atoms with van der Waals surface area (Å²) < 4.78 is 25.3. The Morgan fingerprint density at radius 2 is 1.71 bits per heavy atom. The zero-order valence-electron chi connectivity index (χ0n) is 12.6. The van der Waals surface area contributed by atoms with Gasteiger partial charge in [0, 0.05) is 11.4 Å². The van der Waals surface area contributed by atoms with E-state index in [1.165, 1.54) is 0 Å². The van der Waals surface area contributed by atoms with Gasteiger partial charge in [-0.15, -0.1) is 0 Å². The molecule has 1 atom stereocenters. The van der Waals surface area contributed by atoms with Gasteiger partial charge >= 0.3 is 0 Å². The minimum absolute atomic E-state index is 0.00947. The lowest BCUT2D eigenvalue weighted by Crippen LogP contribution is -2.36. The van der Waals surface area contributed by atoms with Crippen LogP contribution in [0.15, 0.2) is 24.3 Å². The van der Waals surface area contributed by atoms with Crippen molar-refractivity contribution in [2.45, 2.75) is 33.2 Å².